The van der Waals surface area contributed by atoms with E-state index in [0.717, 1.165) is 10.2 Å². The molecule has 0 aromatic heterocycles. The minimum atomic E-state index is 0.0953. The molecule has 1 N–H and O–H groups in total. The van der Waals surface area contributed by atoms with Crippen LogP contribution in [0.3, 0.4) is 0 Å². The molecule has 63 valence electrons. The number of hydrogen-bond donors (Lipinski definition) is 1. The number of aliphatic hydroxyl groups is 1. The molecule has 0 amide bonds. The summed E-state index contributed by atoms with van der Waals surface area (Å²) in [6.07, 6.45) is 0. The SMILES string of the molecule is OCCN=C([Se])c1ccccc1. The summed E-state index contributed by atoms with van der Waals surface area (Å²) in [4.78, 5) is 4.12. The van der Waals surface area contributed by atoms with Gasteiger partial charge in [0.25, 0.3) is 0 Å². The molecule has 0 aliphatic rings. The molecule has 0 heterocycles. The maximum absolute atomic E-state index is 8.54. The predicted molar refractivity (Wildman–Crippen MR) is 50.7 cm³/mol. The molecular formula is C9H10NOSe. The van der Waals surface area contributed by atoms with Crippen molar-refractivity contribution in [3.05, 3.63) is 35.9 Å². The van der Waals surface area contributed by atoms with E-state index >= 15 is 0 Å². The number of hydrogen-bond acceptors (Lipinski definition) is 2. The molecule has 1 rings (SSSR count). The van der Waals surface area contributed by atoms with Crippen LogP contribution in [0, 0.1) is 0 Å². The Balaban J connectivity index is 2.71. The number of rotatable bonds is 3. The Labute approximate surface area is 80.2 Å². The molecule has 2 nitrogen and oxygen atoms in total. The van der Waals surface area contributed by atoms with Crippen molar-refractivity contribution in [2.24, 2.45) is 4.99 Å². The van der Waals surface area contributed by atoms with E-state index < -0.39 is 0 Å². The number of benzene rings is 1. The monoisotopic (exact) mass is 228 g/mol. The van der Waals surface area contributed by atoms with E-state index in [0.29, 0.717) is 6.54 Å². The fraction of sp³-hybridized carbons (Fsp3) is 0.222. The molecule has 0 saturated carbocycles. The second-order valence-corrected chi connectivity index (χ2v) is 3.09. The predicted octanol–water partition coefficient (Wildman–Crippen LogP) is 0.594. The maximum atomic E-state index is 8.54. The molecule has 0 aliphatic heterocycles. The molecular weight excluding hydrogens is 217 g/mol. The van der Waals surface area contributed by atoms with Crippen LogP contribution >= 0.6 is 0 Å². The van der Waals surface area contributed by atoms with Gasteiger partial charge < -0.3 is 0 Å². The first-order valence-corrected chi connectivity index (χ1v) is 4.58. The zero-order chi connectivity index (χ0) is 8.81. The van der Waals surface area contributed by atoms with Crippen LogP contribution in [0.2, 0.25) is 0 Å². The van der Waals surface area contributed by atoms with Gasteiger partial charge in [-0.15, -0.1) is 0 Å². The van der Waals surface area contributed by atoms with Crippen LogP contribution in [-0.4, -0.2) is 38.9 Å². The van der Waals surface area contributed by atoms with Gasteiger partial charge in [-0.05, 0) is 0 Å². The van der Waals surface area contributed by atoms with Crippen LogP contribution in [0.25, 0.3) is 0 Å². The normalized spacial score (nSPS) is 11.6. The van der Waals surface area contributed by atoms with Gasteiger partial charge in [0.15, 0.2) is 0 Å². The van der Waals surface area contributed by atoms with Gasteiger partial charge in [0.05, 0.1) is 0 Å². The zero-order valence-corrected chi connectivity index (χ0v) is 8.32. The molecule has 0 saturated heterocycles. The fourth-order valence-electron chi connectivity index (χ4n) is 0.824. The molecule has 1 aromatic rings. The van der Waals surface area contributed by atoms with Gasteiger partial charge in [-0.2, -0.15) is 0 Å². The molecule has 3 heteroatoms. The topological polar surface area (TPSA) is 32.6 Å². The standard InChI is InChI=1S/C9H10NOSe/c11-7-6-10-9(12)8-4-2-1-3-5-8/h1-5,11H,6-7H2. The summed E-state index contributed by atoms with van der Waals surface area (Å²) in [6, 6.07) is 9.84. The zero-order valence-electron chi connectivity index (χ0n) is 6.60. The summed E-state index contributed by atoms with van der Waals surface area (Å²) in [6.45, 7) is 0.551. The van der Waals surface area contributed by atoms with E-state index in [4.69, 9.17) is 5.11 Å². The van der Waals surface area contributed by atoms with Crippen LogP contribution in [-0.2, 0) is 0 Å². The molecule has 0 aliphatic carbocycles. The summed E-state index contributed by atoms with van der Waals surface area (Å²) < 4.78 is 0.852. The van der Waals surface area contributed by atoms with Crippen molar-refractivity contribution >= 4 is 20.6 Å². The Morgan fingerprint density at radius 3 is 2.58 bits per heavy atom. The first-order chi connectivity index (χ1) is 5.84. The summed E-state index contributed by atoms with van der Waals surface area (Å²) in [5.74, 6) is 0. The van der Waals surface area contributed by atoms with Crippen LogP contribution in [0.5, 0.6) is 0 Å². The van der Waals surface area contributed by atoms with Crippen LogP contribution < -0.4 is 0 Å². The molecule has 0 bridgehead atoms. The molecule has 1 radical (unpaired) electrons. The van der Waals surface area contributed by atoms with Crippen molar-refractivity contribution in [3.63, 3.8) is 0 Å². The molecule has 0 spiro atoms. The second-order valence-electron chi connectivity index (χ2n) is 2.28. The quantitative estimate of drug-likeness (QED) is 0.595. The minimum absolute atomic E-state index is 0.0953. The molecule has 0 atom stereocenters. The summed E-state index contributed by atoms with van der Waals surface area (Å²) in [5, 5.41) is 8.54. The fourth-order valence-corrected chi connectivity index (χ4v) is 1.30. The van der Waals surface area contributed by atoms with Gasteiger partial charge >= 0.3 is 79.8 Å². The van der Waals surface area contributed by atoms with E-state index in [1.807, 2.05) is 30.3 Å². The van der Waals surface area contributed by atoms with Crippen molar-refractivity contribution in [1.82, 2.24) is 0 Å². The average molecular weight is 227 g/mol. The average Bonchev–Trinajstić information content (AvgIpc) is 2.15. The number of aliphatic hydroxyl groups excluding tert-OH is 1. The Kier molecular flexibility index (Phi) is 4.01. The van der Waals surface area contributed by atoms with Gasteiger partial charge in [-0.3, -0.25) is 0 Å². The van der Waals surface area contributed by atoms with E-state index in [1.54, 1.807) is 0 Å². The first-order valence-electron chi connectivity index (χ1n) is 3.72. The van der Waals surface area contributed by atoms with E-state index in [-0.39, 0.29) is 6.61 Å². The Morgan fingerprint density at radius 2 is 2.00 bits per heavy atom. The molecule has 0 fully saturated rings. The van der Waals surface area contributed by atoms with E-state index in [2.05, 4.69) is 21.0 Å². The van der Waals surface area contributed by atoms with Crippen molar-refractivity contribution < 1.29 is 5.11 Å². The van der Waals surface area contributed by atoms with Crippen molar-refractivity contribution in [3.8, 4) is 0 Å². The summed E-state index contributed by atoms with van der Waals surface area (Å²) in [7, 11) is 0. The van der Waals surface area contributed by atoms with Gasteiger partial charge in [0, 0.05) is 0 Å². The number of aliphatic imine (C=N–C) groups is 1. The Hall–Kier alpha value is -0.631. The van der Waals surface area contributed by atoms with Gasteiger partial charge in [-0.25, -0.2) is 0 Å². The van der Waals surface area contributed by atoms with Crippen molar-refractivity contribution in [1.29, 1.82) is 0 Å². The third kappa shape index (κ3) is 2.78. The van der Waals surface area contributed by atoms with Gasteiger partial charge in [0.2, 0.25) is 0 Å². The molecule has 1 aromatic carbocycles. The third-order valence-electron chi connectivity index (χ3n) is 1.38. The van der Waals surface area contributed by atoms with E-state index in [9.17, 15) is 0 Å². The second kappa shape index (κ2) is 5.09. The van der Waals surface area contributed by atoms with E-state index in [1.165, 1.54) is 0 Å². The van der Waals surface area contributed by atoms with Crippen LogP contribution in [0.15, 0.2) is 35.3 Å². The van der Waals surface area contributed by atoms with Gasteiger partial charge in [-0.1, -0.05) is 0 Å². The van der Waals surface area contributed by atoms with Crippen molar-refractivity contribution in [2.45, 2.75) is 0 Å². The summed E-state index contributed by atoms with van der Waals surface area (Å²) in [5.41, 5.74) is 1.06. The Bertz CT molecular complexity index is 258. The van der Waals surface area contributed by atoms with Crippen molar-refractivity contribution in [2.75, 3.05) is 13.2 Å². The molecule has 0 unspecified atom stereocenters. The van der Waals surface area contributed by atoms with Crippen LogP contribution in [0.4, 0.5) is 0 Å². The van der Waals surface area contributed by atoms with Crippen LogP contribution in [0.1, 0.15) is 5.56 Å². The number of nitrogens with zero attached hydrogens (tertiary/aromatic N) is 1. The summed E-state index contributed by atoms with van der Waals surface area (Å²) >= 11 is 2.87. The molecule has 12 heavy (non-hydrogen) atoms. The third-order valence-corrected chi connectivity index (χ3v) is 2.14. The van der Waals surface area contributed by atoms with Gasteiger partial charge in [0.1, 0.15) is 0 Å². The first kappa shape index (κ1) is 9.46. The Morgan fingerprint density at radius 1 is 1.33 bits per heavy atom.